The molecule has 4 nitrogen and oxygen atoms in total. The molecule has 0 spiro atoms. The van der Waals surface area contributed by atoms with E-state index in [1.54, 1.807) is 0 Å². The van der Waals surface area contributed by atoms with Crippen LogP contribution < -0.4 is 4.74 Å². The van der Waals surface area contributed by atoms with E-state index in [4.69, 9.17) is 10.00 Å². The van der Waals surface area contributed by atoms with Crippen LogP contribution in [0, 0.1) is 11.3 Å². The van der Waals surface area contributed by atoms with Crippen LogP contribution in [-0.4, -0.2) is 16.2 Å². The summed E-state index contributed by atoms with van der Waals surface area (Å²) in [6.45, 7) is 1.22. The number of nitrogens with zero attached hydrogens (tertiary/aromatic N) is 3. The van der Waals surface area contributed by atoms with E-state index in [0.29, 0.717) is 19.6 Å². The fourth-order valence-electron chi connectivity index (χ4n) is 2.35. The third-order valence-electron chi connectivity index (χ3n) is 3.30. The standard InChI is InChI=1S/C17H15N3O/c18-11-10-17-19-15-8-4-5-9-16(15)20(17)12-13-21-14-6-2-1-3-7-14/h1-9H,10,12-13H2. The van der Waals surface area contributed by atoms with E-state index in [1.165, 1.54) is 0 Å². The van der Waals surface area contributed by atoms with Gasteiger partial charge in [0.1, 0.15) is 18.2 Å². The molecule has 1 aromatic heterocycles. The van der Waals surface area contributed by atoms with Crippen molar-refractivity contribution in [2.24, 2.45) is 0 Å². The van der Waals surface area contributed by atoms with Gasteiger partial charge in [0.05, 0.1) is 30.1 Å². The minimum absolute atomic E-state index is 0.306. The largest absolute Gasteiger partial charge is 0.492 e. The molecule has 2 aromatic carbocycles. The van der Waals surface area contributed by atoms with E-state index in [2.05, 4.69) is 15.6 Å². The maximum Gasteiger partial charge on any atom is 0.124 e. The zero-order valence-corrected chi connectivity index (χ0v) is 11.6. The molecule has 0 unspecified atom stereocenters. The van der Waals surface area contributed by atoms with E-state index in [-0.39, 0.29) is 0 Å². The third-order valence-corrected chi connectivity index (χ3v) is 3.30. The number of nitriles is 1. The van der Waals surface area contributed by atoms with Crippen LogP contribution in [0.25, 0.3) is 11.0 Å². The molecule has 0 amide bonds. The highest BCUT2D eigenvalue weighted by atomic mass is 16.5. The minimum Gasteiger partial charge on any atom is -0.492 e. The highest BCUT2D eigenvalue weighted by molar-refractivity contribution is 5.75. The van der Waals surface area contributed by atoms with E-state index in [9.17, 15) is 0 Å². The molecule has 0 aliphatic heterocycles. The molecule has 0 aliphatic rings. The summed E-state index contributed by atoms with van der Waals surface area (Å²) in [6, 6.07) is 19.8. The van der Waals surface area contributed by atoms with Gasteiger partial charge in [-0.05, 0) is 24.3 Å². The molecule has 1 heterocycles. The fraction of sp³-hybridized carbons (Fsp3) is 0.176. The summed E-state index contributed by atoms with van der Waals surface area (Å²) in [7, 11) is 0. The second-order valence-corrected chi connectivity index (χ2v) is 4.66. The molecule has 0 bridgehead atoms. The number of aromatic nitrogens is 2. The van der Waals surface area contributed by atoms with Gasteiger partial charge in [0, 0.05) is 0 Å². The Morgan fingerprint density at radius 3 is 2.62 bits per heavy atom. The molecule has 0 saturated heterocycles. The number of para-hydroxylation sites is 3. The molecule has 0 radical (unpaired) electrons. The van der Waals surface area contributed by atoms with Gasteiger partial charge in [0.2, 0.25) is 0 Å². The summed E-state index contributed by atoms with van der Waals surface area (Å²) >= 11 is 0. The van der Waals surface area contributed by atoms with Crippen molar-refractivity contribution < 1.29 is 4.74 Å². The first-order valence-corrected chi connectivity index (χ1v) is 6.87. The molecule has 4 heteroatoms. The van der Waals surface area contributed by atoms with Gasteiger partial charge in [0.15, 0.2) is 0 Å². The van der Waals surface area contributed by atoms with E-state index in [1.807, 2.05) is 54.6 Å². The first-order chi connectivity index (χ1) is 10.4. The molecular formula is C17H15N3O. The molecule has 0 saturated carbocycles. The van der Waals surface area contributed by atoms with Crippen molar-refractivity contribution in [3.8, 4) is 11.8 Å². The van der Waals surface area contributed by atoms with Crippen molar-refractivity contribution in [1.29, 1.82) is 5.26 Å². The molecule has 21 heavy (non-hydrogen) atoms. The first kappa shape index (κ1) is 13.2. The van der Waals surface area contributed by atoms with Crippen LogP contribution in [-0.2, 0) is 13.0 Å². The molecule has 0 aliphatic carbocycles. The van der Waals surface area contributed by atoms with Gasteiger partial charge in [0.25, 0.3) is 0 Å². The molecule has 3 rings (SSSR count). The summed E-state index contributed by atoms with van der Waals surface area (Å²) in [4.78, 5) is 4.51. The Morgan fingerprint density at radius 1 is 1.05 bits per heavy atom. The minimum atomic E-state index is 0.306. The molecule has 0 atom stereocenters. The van der Waals surface area contributed by atoms with Gasteiger partial charge < -0.3 is 9.30 Å². The van der Waals surface area contributed by atoms with Crippen molar-refractivity contribution in [3.05, 3.63) is 60.4 Å². The number of hydrogen-bond donors (Lipinski definition) is 0. The summed E-state index contributed by atoms with van der Waals surface area (Å²) in [5.74, 6) is 1.64. The topological polar surface area (TPSA) is 50.8 Å². The molecule has 0 fully saturated rings. The number of hydrogen-bond acceptors (Lipinski definition) is 3. The Bertz CT molecular complexity index is 772. The van der Waals surface area contributed by atoms with Crippen LogP contribution in [0.3, 0.4) is 0 Å². The highest BCUT2D eigenvalue weighted by Gasteiger charge is 2.09. The Morgan fingerprint density at radius 2 is 1.81 bits per heavy atom. The van der Waals surface area contributed by atoms with Crippen molar-refractivity contribution >= 4 is 11.0 Å². The molecule has 104 valence electrons. The predicted molar refractivity (Wildman–Crippen MR) is 81.0 cm³/mol. The monoisotopic (exact) mass is 277 g/mol. The second-order valence-electron chi connectivity index (χ2n) is 4.66. The van der Waals surface area contributed by atoms with E-state index in [0.717, 1.165) is 22.6 Å². The first-order valence-electron chi connectivity index (χ1n) is 6.87. The second kappa shape index (κ2) is 6.10. The Balaban J connectivity index is 1.79. The maximum absolute atomic E-state index is 8.94. The number of fused-ring (bicyclic) bond motifs is 1. The Labute approximate surface area is 123 Å². The Hall–Kier alpha value is -2.80. The summed E-state index contributed by atoms with van der Waals surface area (Å²) in [5.41, 5.74) is 1.96. The van der Waals surface area contributed by atoms with Crippen molar-refractivity contribution in [1.82, 2.24) is 9.55 Å². The van der Waals surface area contributed by atoms with Crippen molar-refractivity contribution in [3.63, 3.8) is 0 Å². The van der Waals surface area contributed by atoms with Gasteiger partial charge in [-0.15, -0.1) is 0 Å². The lowest BCUT2D eigenvalue weighted by Crippen LogP contribution is -2.11. The predicted octanol–water partition coefficient (Wildman–Crippen LogP) is 3.18. The lowest BCUT2D eigenvalue weighted by Gasteiger charge is -2.09. The zero-order valence-electron chi connectivity index (χ0n) is 11.6. The summed E-state index contributed by atoms with van der Waals surface area (Å²) in [6.07, 6.45) is 0.306. The lowest BCUT2D eigenvalue weighted by molar-refractivity contribution is 0.298. The average molecular weight is 277 g/mol. The number of imidazole rings is 1. The van der Waals surface area contributed by atoms with Crippen LogP contribution in [0.2, 0.25) is 0 Å². The molecule has 3 aromatic rings. The Kier molecular flexibility index (Phi) is 3.83. The van der Waals surface area contributed by atoms with Gasteiger partial charge in [-0.2, -0.15) is 5.26 Å². The highest BCUT2D eigenvalue weighted by Crippen LogP contribution is 2.16. The van der Waals surface area contributed by atoms with Crippen LogP contribution in [0.15, 0.2) is 54.6 Å². The number of benzene rings is 2. The normalized spacial score (nSPS) is 10.4. The van der Waals surface area contributed by atoms with Crippen LogP contribution in [0.4, 0.5) is 0 Å². The SMILES string of the molecule is N#CCc1nc2ccccc2n1CCOc1ccccc1. The van der Waals surface area contributed by atoms with Gasteiger partial charge in [-0.3, -0.25) is 0 Å². The van der Waals surface area contributed by atoms with Crippen molar-refractivity contribution in [2.45, 2.75) is 13.0 Å². The smallest absolute Gasteiger partial charge is 0.124 e. The van der Waals surface area contributed by atoms with Gasteiger partial charge in [-0.25, -0.2) is 4.98 Å². The lowest BCUT2D eigenvalue weighted by atomic mass is 10.3. The van der Waals surface area contributed by atoms with Crippen molar-refractivity contribution in [2.75, 3.05) is 6.61 Å². The van der Waals surface area contributed by atoms with Crippen LogP contribution in [0.1, 0.15) is 5.82 Å². The van der Waals surface area contributed by atoms with Gasteiger partial charge in [-0.1, -0.05) is 30.3 Å². The quantitative estimate of drug-likeness (QED) is 0.719. The van der Waals surface area contributed by atoms with Crippen LogP contribution in [0.5, 0.6) is 5.75 Å². The van der Waals surface area contributed by atoms with Crippen LogP contribution >= 0.6 is 0 Å². The number of ether oxygens (including phenoxy) is 1. The zero-order chi connectivity index (χ0) is 14.5. The van der Waals surface area contributed by atoms with E-state index >= 15 is 0 Å². The fourth-order valence-corrected chi connectivity index (χ4v) is 2.35. The molecular weight excluding hydrogens is 262 g/mol. The third kappa shape index (κ3) is 2.87. The number of rotatable bonds is 5. The molecule has 0 N–H and O–H groups in total. The maximum atomic E-state index is 8.94. The average Bonchev–Trinajstić information content (AvgIpc) is 2.87. The van der Waals surface area contributed by atoms with Gasteiger partial charge >= 0.3 is 0 Å². The van der Waals surface area contributed by atoms with E-state index < -0.39 is 0 Å². The summed E-state index contributed by atoms with van der Waals surface area (Å²) < 4.78 is 7.79. The summed E-state index contributed by atoms with van der Waals surface area (Å²) in [5, 5.41) is 8.94.